The summed E-state index contributed by atoms with van der Waals surface area (Å²) in [6, 6.07) is 6.15. The molecule has 1 atom stereocenters. The van der Waals surface area contributed by atoms with Gasteiger partial charge in [0.1, 0.15) is 0 Å². The van der Waals surface area contributed by atoms with Gasteiger partial charge in [-0.25, -0.2) is 0 Å². The predicted molar refractivity (Wildman–Crippen MR) is 88.6 cm³/mol. The van der Waals surface area contributed by atoms with Crippen LogP contribution in [0.3, 0.4) is 0 Å². The van der Waals surface area contributed by atoms with Crippen molar-refractivity contribution in [3.63, 3.8) is 0 Å². The van der Waals surface area contributed by atoms with Gasteiger partial charge in [0.15, 0.2) is 0 Å². The van der Waals surface area contributed by atoms with E-state index in [0.717, 1.165) is 10.6 Å². The van der Waals surface area contributed by atoms with E-state index in [0.29, 0.717) is 5.92 Å². The molecule has 1 nitrogen and oxygen atoms in total. The van der Waals surface area contributed by atoms with Crippen molar-refractivity contribution in [3.8, 4) is 0 Å². The summed E-state index contributed by atoms with van der Waals surface area (Å²) in [6.45, 7) is 0. The minimum Gasteiger partial charge on any atom is -0.268 e. The van der Waals surface area contributed by atoms with Gasteiger partial charge in [0.25, 0.3) is 0 Å². The van der Waals surface area contributed by atoms with Crippen LogP contribution in [-0.2, 0) is 0 Å². The first-order valence-corrected chi connectivity index (χ1v) is 6.91. The fraction of sp³-hybridized carbons (Fsp3) is 0.312. The Kier molecular flexibility index (Phi) is 5.00. The van der Waals surface area contributed by atoms with Crippen molar-refractivity contribution >= 4 is 40.9 Å². The number of nitrogens with zero attached hydrogens (tertiary/aromatic N) is 1. The van der Waals surface area contributed by atoms with Gasteiger partial charge in [-0.05, 0) is 49.0 Å². The largest absolute Gasteiger partial charge is 0.268 e. The molecule has 3 rings (SSSR count). The molecule has 0 radical (unpaired) electrons. The lowest BCUT2D eigenvalue weighted by molar-refractivity contribution is 0.681. The van der Waals surface area contributed by atoms with E-state index >= 15 is 0 Å². The lowest BCUT2D eigenvalue weighted by atomic mass is 9.83. The van der Waals surface area contributed by atoms with Crippen LogP contribution in [0.4, 0.5) is 0 Å². The van der Waals surface area contributed by atoms with Gasteiger partial charge in [-0.15, -0.1) is 17.0 Å². The Balaban J connectivity index is 0.00000133. The van der Waals surface area contributed by atoms with Crippen molar-refractivity contribution in [2.45, 2.75) is 31.6 Å². The van der Waals surface area contributed by atoms with Crippen molar-refractivity contribution in [1.82, 2.24) is 0 Å². The molecule has 1 aromatic carbocycles. The van der Waals surface area contributed by atoms with Crippen LogP contribution >= 0.6 is 28.6 Å². The molecule has 1 heterocycles. The molecule has 100 valence electrons. The van der Waals surface area contributed by atoms with Crippen LogP contribution in [0.2, 0.25) is 5.02 Å². The summed E-state index contributed by atoms with van der Waals surface area (Å²) in [4.78, 5) is 4.38. The summed E-state index contributed by atoms with van der Waals surface area (Å²) < 4.78 is 0. The second-order valence-electron chi connectivity index (χ2n) is 4.86. The third-order valence-electron chi connectivity index (χ3n) is 3.71. The Hall–Kier alpha value is -0.860. The van der Waals surface area contributed by atoms with E-state index in [2.05, 4.69) is 23.3 Å². The average Bonchev–Trinajstić information content (AvgIpc) is 2.63. The zero-order valence-corrected chi connectivity index (χ0v) is 13.1. The lowest BCUT2D eigenvalue weighted by Gasteiger charge is -2.21. The maximum atomic E-state index is 6.29. The van der Waals surface area contributed by atoms with Crippen molar-refractivity contribution in [3.05, 3.63) is 52.2 Å². The Labute approximate surface area is 129 Å². The van der Waals surface area contributed by atoms with Gasteiger partial charge in [-0.3, -0.25) is 4.99 Å². The minimum absolute atomic E-state index is 0. The summed E-state index contributed by atoms with van der Waals surface area (Å²) in [7, 11) is 0. The fourth-order valence-electron chi connectivity index (χ4n) is 2.78. The number of hydrogen-bond donors (Lipinski definition) is 0. The van der Waals surface area contributed by atoms with E-state index < -0.39 is 0 Å². The number of hydrogen-bond acceptors (Lipinski definition) is 1. The average molecular weight is 339 g/mol. The fourth-order valence-corrected chi connectivity index (χ4v) is 3.02. The topological polar surface area (TPSA) is 12.4 Å². The lowest BCUT2D eigenvalue weighted by Crippen LogP contribution is -2.08. The third-order valence-corrected chi connectivity index (χ3v) is 4.04. The molecule has 0 bridgehead atoms. The van der Waals surface area contributed by atoms with Crippen molar-refractivity contribution < 1.29 is 0 Å². The van der Waals surface area contributed by atoms with Gasteiger partial charge in [0, 0.05) is 23.4 Å². The molecule has 0 N–H and O–H groups in total. The van der Waals surface area contributed by atoms with Crippen LogP contribution in [0.25, 0.3) is 6.08 Å². The highest BCUT2D eigenvalue weighted by molar-refractivity contribution is 8.93. The number of benzene rings is 1. The molecule has 0 aromatic heterocycles. The number of allylic oxidation sites excluding steroid dienone is 2. The molecule has 0 saturated carbocycles. The molecule has 0 spiro atoms. The Morgan fingerprint density at radius 2 is 2.11 bits per heavy atom. The number of halogens is 2. The van der Waals surface area contributed by atoms with Crippen molar-refractivity contribution in [2.75, 3.05) is 0 Å². The SMILES string of the molecule is Br.Clc1cccc2c1C=CN=CC2C1=CCCCC1. The van der Waals surface area contributed by atoms with E-state index in [9.17, 15) is 0 Å². The van der Waals surface area contributed by atoms with Crippen LogP contribution in [0.5, 0.6) is 0 Å². The van der Waals surface area contributed by atoms with Crippen LogP contribution in [-0.4, -0.2) is 6.21 Å². The quantitative estimate of drug-likeness (QED) is 0.595. The third kappa shape index (κ3) is 3.01. The molecule has 2 aliphatic rings. The standard InChI is InChI=1S/C16H16ClN.BrH/c17-16-8-4-7-13-14(16)9-10-18-11-15(13)12-5-2-1-3-6-12;/h4-5,7-11,15H,1-3,6H2;1H. The van der Waals surface area contributed by atoms with Crippen LogP contribution in [0.15, 0.2) is 41.0 Å². The number of rotatable bonds is 1. The van der Waals surface area contributed by atoms with Crippen LogP contribution in [0.1, 0.15) is 42.7 Å². The summed E-state index contributed by atoms with van der Waals surface area (Å²) in [6.07, 6.45) is 13.3. The van der Waals surface area contributed by atoms with E-state index in [1.54, 1.807) is 0 Å². The maximum absolute atomic E-state index is 6.29. The Bertz CT molecular complexity index is 546. The number of aliphatic imine (C=N–C) groups is 1. The molecular weight excluding hydrogens is 322 g/mol. The van der Waals surface area contributed by atoms with Gasteiger partial charge in [0.2, 0.25) is 0 Å². The first kappa shape index (κ1) is 14.5. The molecular formula is C16H17BrClN. The van der Waals surface area contributed by atoms with E-state index in [4.69, 9.17) is 11.6 Å². The summed E-state index contributed by atoms with van der Waals surface area (Å²) >= 11 is 6.29. The predicted octanol–water partition coefficient (Wildman–Crippen LogP) is 5.56. The van der Waals surface area contributed by atoms with Crippen molar-refractivity contribution in [1.29, 1.82) is 0 Å². The van der Waals surface area contributed by atoms with E-state index in [1.165, 1.54) is 36.8 Å². The summed E-state index contributed by atoms with van der Waals surface area (Å²) in [5, 5.41) is 0.815. The molecule has 1 unspecified atom stereocenters. The van der Waals surface area contributed by atoms with Gasteiger partial charge in [-0.1, -0.05) is 35.4 Å². The van der Waals surface area contributed by atoms with E-state index in [1.807, 2.05) is 24.4 Å². The highest BCUT2D eigenvalue weighted by atomic mass is 79.9. The van der Waals surface area contributed by atoms with Gasteiger partial charge in [0.05, 0.1) is 0 Å². The first-order chi connectivity index (χ1) is 8.86. The van der Waals surface area contributed by atoms with Gasteiger partial charge >= 0.3 is 0 Å². The Morgan fingerprint density at radius 1 is 1.21 bits per heavy atom. The van der Waals surface area contributed by atoms with Crippen LogP contribution < -0.4 is 0 Å². The molecule has 0 fully saturated rings. The zero-order valence-electron chi connectivity index (χ0n) is 10.7. The molecule has 3 heteroatoms. The molecule has 1 aromatic rings. The maximum Gasteiger partial charge on any atom is 0.0482 e. The highest BCUT2D eigenvalue weighted by Gasteiger charge is 2.20. The van der Waals surface area contributed by atoms with Gasteiger partial charge < -0.3 is 0 Å². The van der Waals surface area contributed by atoms with Crippen LogP contribution in [0, 0.1) is 0 Å². The highest BCUT2D eigenvalue weighted by Crippen LogP contribution is 2.36. The number of fused-ring (bicyclic) bond motifs is 1. The molecule has 0 saturated heterocycles. The molecule has 19 heavy (non-hydrogen) atoms. The molecule has 1 aliphatic heterocycles. The van der Waals surface area contributed by atoms with Crippen molar-refractivity contribution in [2.24, 2.45) is 4.99 Å². The normalized spacial score (nSPS) is 21.1. The van der Waals surface area contributed by atoms with Gasteiger partial charge in [-0.2, -0.15) is 0 Å². The first-order valence-electron chi connectivity index (χ1n) is 6.53. The van der Waals surface area contributed by atoms with E-state index in [-0.39, 0.29) is 17.0 Å². The second-order valence-corrected chi connectivity index (χ2v) is 5.27. The molecule has 0 amide bonds. The molecule has 1 aliphatic carbocycles. The summed E-state index contributed by atoms with van der Waals surface area (Å²) in [5.41, 5.74) is 3.90. The zero-order chi connectivity index (χ0) is 12.4. The minimum atomic E-state index is 0. The summed E-state index contributed by atoms with van der Waals surface area (Å²) in [5.74, 6) is 0.300. The smallest absolute Gasteiger partial charge is 0.0482 e. The second kappa shape index (κ2) is 6.53. The monoisotopic (exact) mass is 337 g/mol. The Morgan fingerprint density at radius 3 is 2.89 bits per heavy atom.